The Bertz CT molecular complexity index is 1800. The summed E-state index contributed by atoms with van der Waals surface area (Å²) in [5, 5.41) is 0. The number of fused-ring (bicyclic) bond motifs is 5. The average molecular weight is 525 g/mol. The van der Waals surface area contributed by atoms with Gasteiger partial charge in [-0.25, -0.2) is 9.59 Å². The van der Waals surface area contributed by atoms with E-state index in [1.807, 2.05) is 30.3 Å². The van der Waals surface area contributed by atoms with Crippen LogP contribution in [-0.2, 0) is 29.9 Å². The highest BCUT2D eigenvalue weighted by Crippen LogP contribution is 2.60. The number of hydrogen-bond donors (Lipinski definition) is 0. The Kier molecular flexibility index (Phi) is 5.09. The molecule has 0 radical (unpaired) electrons. The van der Waals surface area contributed by atoms with Crippen molar-refractivity contribution in [3.63, 3.8) is 0 Å². The molecule has 0 saturated heterocycles. The fourth-order valence-electron chi connectivity index (χ4n) is 6.32. The summed E-state index contributed by atoms with van der Waals surface area (Å²) < 4.78 is 11.2. The summed E-state index contributed by atoms with van der Waals surface area (Å²) in [5.41, 5.74) is -0.933. The van der Waals surface area contributed by atoms with E-state index in [4.69, 9.17) is 9.47 Å². The highest BCUT2D eigenvalue weighted by Gasteiger charge is 2.68. The van der Waals surface area contributed by atoms with Crippen molar-refractivity contribution in [3.05, 3.63) is 155 Å². The van der Waals surface area contributed by atoms with Crippen LogP contribution in [0.1, 0.15) is 43.0 Å². The van der Waals surface area contributed by atoms with Crippen LogP contribution < -0.4 is 0 Å². The van der Waals surface area contributed by atoms with Gasteiger partial charge in [0, 0.05) is 0 Å². The molecule has 0 saturated carbocycles. The van der Waals surface area contributed by atoms with Gasteiger partial charge in [0.1, 0.15) is 10.8 Å². The maximum Gasteiger partial charge on any atom is 0.346 e. The number of esters is 4. The summed E-state index contributed by atoms with van der Waals surface area (Å²) >= 11 is 0. The number of ether oxygens (including phenoxy) is 2. The molecule has 0 aromatic heterocycles. The summed E-state index contributed by atoms with van der Waals surface area (Å²) in [6, 6.07) is 31.6. The molecule has 192 valence electrons. The minimum atomic E-state index is -1.96. The lowest BCUT2D eigenvalue weighted by Crippen LogP contribution is -2.62. The Hall–Kier alpha value is -5.36. The Morgan fingerprint density at radius 2 is 1.10 bits per heavy atom. The van der Waals surface area contributed by atoms with Gasteiger partial charge in [-0.3, -0.25) is 9.59 Å². The van der Waals surface area contributed by atoms with Gasteiger partial charge >= 0.3 is 23.9 Å². The lowest BCUT2D eigenvalue weighted by atomic mass is 9.49. The van der Waals surface area contributed by atoms with Crippen molar-refractivity contribution in [2.75, 3.05) is 0 Å². The largest absolute Gasteiger partial charge is 0.388 e. The zero-order valence-electron chi connectivity index (χ0n) is 21.0. The van der Waals surface area contributed by atoms with Crippen molar-refractivity contribution < 1.29 is 28.7 Å². The second-order valence-electron chi connectivity index (χ2n) is 9.89. The van der Waals surface area contributed by atoms with Gasteiger partial charge < -0.3 is 9.47 Å². The summed E-state index contributed by atoms with van der Waals surface area (Å²) in [5.74, 6) is -3.87. The van der Waals surface area contributed by atoms with Crippen LogP contribution in [0.25, 0.3) is 11.1 Å². The molecular formula is C34H20O6. The predicted molar refractivity (Wildman–Crippen MR) is 146 cm³/mol. The van der Waals surface area contributed by atoms with Gasteiger partial charge in [0.2, 0.25) is 0 Å². The first-order chi connectivity index (χ1) is 19.5. The van der Waals surface area contributed by atoms with Gasteiger partial charge in [-0.2, -0.15) is 0 Å². The first-order valence-electron chi connectivity index (χ1n) is 12.8. The van der Waals surface area contributed by atoms with Gasteiger partial charge in [-0.15, -0.1) is 0 Å². The van der Waals surface area contributed by atoms with E-state index < -0.39 is 34.7 Å². The van der Waals surface area contributed by atoms with Gasteiger partial charge in [0.15, 0.2) is 0 Å². The molecule has 0 spiro atoms. The molecule has 6 bridgehead atoms. The molecule has 3 heterocycles. The SMILES string of the molecule is O=C1OC(=O)C2(c3ccccc3)C=CC(c3ccccc3)=C3c4ccc1c(c4)C(=O)OC(=O)C32c1ccccc1. The molecule has 8 rings (SSSR count). The summed E-state index contributed by atoms with van der Waals surface area (Å²) in [7, 11) is 0. The van der Waals surface area contributed by atoms with Crippen LogP contribution in [0.4, 0.5) is 0 Å². The van der Waals surface area contributed by atoms with E-state index in [1.165, 1.54) is 6.07 Å². The number of benzene rings is 4. The molecule has 0 fully saturated rings. The molecule has 3 aliphatic heterocycles. The predicted octanol–water partition coefficient (Wildman–Crippen LogP) is 5.44. The van der Waals surface area contributed by atoms with Gasteiger partial charge in [-0.05, 0) is 45.5 Å². The van der Waals surface area contributed by atoms with Crippen LogP contribution >= 0.6 is 0 Å². The van der Waals surface area contributed by atoms with Crippen molar-refractivity contribution in [2.24, 2.45) is 0 Å². The fraction of sp³-hybridized carbons (Fsp3) is 0.0588. The second kappa shape index (κ2) is 8.58. The van der Waals surface area contributed by atoms with Gasteiger partial charge in [0.05, 0.1) is 11.1 Å². The smallest absolute Gasteiger partial charge is 0.346 e. The molecule has 4 aliphatic rings. The number of rotatable bonds is 3. The lowest BCUT2D eigenvalue weighted by molar-refractivity contribution is -0.155. The van der Waals surface area contributed by atoms with Gasteiger partial charge in [-0.1, -0.05) is 109 Å². The van der Waals surface area contributed by atoms with Crippen LogP contribution in [0.3, 0.4) is 0 Å². The first kappa shape index (κ1) is 23.7. The normalized spacial score (nSPS) is 23.1. The van der Waals surface area contributed by atoms with Crippen LogP contribution in [0, 0.1) is 0 Å². The maximum absolute atomic E-state index is 14.8. The quantitative estimate of drug-likeness (QED) is 0.262. The van der Waals surface area contributed by atoms with Crippen molar-refractivity contribution in [1.29, 1.82) is 0 Å². The van der Waals surface area contributed by atoms with Crippen molar-refractivity contribution >= 4 is 35.0 Å². The highest BCUT2D eigenvalue weighted by molar-refractivity contribution is 6.23. The third kappa shape index (κ3) is 2.98. The number of carbonyl (C=O) groups excluding carboxylic acids is 4. The third-order valence-electron chi connectivity index (χ3n) is 8.00. The molecule has 2 unspecified atom stereocenters. The molecule has 6 heteroatoms. The maximum atomic E-state index is 14.8. The molecule has 2 atom stereocenters. The number of hydrogen-bond acceptors (Lipinski definition) is 6. The first-order valence-corrected chi connectivity index (χ1v) is 12.8. The van der Waals surface area contributed by atoms with E-state index >= 15 is 0 Å². The Labute approximate surface area is 229 Å². The third-order valence-corrected chi connectivity index (χ3v) is 8.00. The topological polar surface area (TPSA) is 86.7 Å². The molecule has 4 aromatic carbocycles. The van der Waals surface area contributed by atoms with Crippen molar-refractivity contribution in [1.82, 2.24) is 0 Å². The zero-order valence-corrected chi connectivity index (χ0v) is 21.0. The number of carbonyl (C=O) groups is 4. The fourth-order valence-corrected chi connectivity index (χ4v) is 6.32. The van der Waals surface area contributed by atoms with Crippen LogP contribution in [0.5, 0.6) is 0 Å². The summed E-state index contributed by atoms with van der Waals surface area (Å²) in [4.78, 5) is 56.1. The molecule has 1 aliphatic carbocycles. The summed E-state index contributed by atoms with van der Waals surface area (Å²) in [6.45, 7) is 0. The number of allylic oxidation sites excluding steroid dienone is 2. The standard InChI is InChI=1S/C34H20O6/c35-29-26-17-16-22-20-27(26)30(36)40-32(38)34(24-14-8-3-9-15-24)28(22)25(21-10-4-1-5-11-21)18-19-33(34,31(37)39-29)23-12-6-2-7-13-23/h1-20H. The minimum absolute atomic E-state index is 0.146. The van der Waals surface area contributed by atoms with Crippen LogP contribution in [0.15, 0.2) is 121 Å². The van der Waals surface area contributed by atoms with Crippen LogP contribution in [-0.4, -0.2) is 23.9 Å². The zero-order chi connectivity index (χ0) is 27.5. The monoisotopic (exact) mass is 524 g/mol. The van der Waals surface area contributed by atoms with Crippen molar-refractivity contribution in [3.8, 4) is 0 Å². The highest BCUT2D eigenvalue weighted by atomic mass is 16.6. The van der Waals surface area contributed by atoms with Crippen molar-refractivity contribution in [2.45, 2.75) is 10.8 Å². The Balaban J connectivity index is 1.78. The molecule has 4 aromatic rings. The van der Waals surface area contributed by atoms with E-state index in [2.05, 4.69) is 0 Å². The molecular weight excluding hydrogens is 504 g/mol. The Morgan fingerprint density at radius 3 is 1.77 bits per heavy atom. The van der Waals surface area contributed by atoms with E-state index in [0.717, 1.165) is 5.56 Å². The molecule has 0 N–H and O–H groups in total. The molecule has 0 amide bonds. The van der Waals surface area contributed by atoms with Gasteiger partial charge in [0.25, 0.3) is 0 Å². The van der Waals surface area contributed by atoms with E-state index in [-0.39, 0.29) is 11.1 Å². The van der Waals surface area contributed by atoms with E-state index in [1.54, 1.807) is 84.9 Å². The summed E-state index contributed by atoms with van der Waals surface area (Å²) in [6.07, 6.45) is 3.40. The van der Waals surface area contributed by atoms with E-state index in [0.29, 0.717) is 27.8 Å². The molecule has 40 heavy (non-hydrogen) atoms. The minimum Gasteiger partial charge on any atom is -0.388 e. The van der Waals surface area contributed by atoms with E-state index in [9.17, 15) is 19.2 Å². The van der Waals surface area contributed by atoms with Crippen LogP contribution in [0.2, 0.25) is 0 Å². The Morgan fingerprint density at radius 1 is 0.525 bits per heavy atom. The second-order valence-corrected chi connectivity index (χ2v) is 9.89. The molecule has 6 nitrogen and oxygen atoms in total. The average Bonchev–Trinajstić information content (AvgIpc) is 3.00. The lowest BCUT2D eigenvalue weighted by Gasteiger charge is -2.50.